The smallest absolute Gasteiger partial charge is 0.272 e. The number of H-pyrrole nitrogens is 1. The number of hydrazone groups is 1. The predicted molar refractivity (Wildman–Crippen MR) is 103 cm³/mol. The van der Waals surface area contributed by atoms with Gasteiger partial charge in [0.15, 0.2) is 0 Å². The summed E-state index contributed by atoms with van der Waals surface area (Å²) in [5.41, 5.74) is 5.50. The number of hydrogen-bond acceptors (Lipinski definition) is 3. The van der Waals surface area contributed by atoms with Gasteiger partial charge >= 0.3 is 0 Å². The molecule has 0 saturated heterocycles. The summed E-state index contributed by atoms with van der Waals surface area (Å²) in [7, 11) is 0. The van der Waals surface area contributed by atoms with E-state index in [9.17, 15) is 4.79 Å². The SMILES string of the molecule is O=C(N/N=C\c1cccc2ccccc12)c1cc(-c2ccccc2)n[nH]1. The fourth-order valence-corrected chi connectivity index (χ4v) is 2.78. The molecule has 0 aliphatic carbocycles. The van der Waals surface area contributed by atoms with Crippen LogP contribution in [0.5, 0.6) is 0 Å². The van der Waals surface area contributed by atoms with Gasteiger partial charge in [-0.15, -0.1) is 0 Å². The van der Waals surface area contributed by atoms with Crippen molar-refractivity contribution in [2.75, 3.05) is 0 Å². The third-order valence-corrected chi connectivity index (χ3v) is 4.09. The van der Waals surface area contributed by atoms with Crippen LogP contribution in [0.1, 0.15) is 16.1 Å². The summed E-state index contributed by atoms with van der Waals surface area (Å²) in [4.78, 5) is 12.2. The molecule has 0 aliphatic rings. The Bertz CT molecular complexity index is 1080. The van der Waals surface area contributed by atoms with Gasteiger partial charge < -0.3 is 0 Å². The largest absolute Gasteiger partial charge is 0.289 e. The van der Waals surface area contributed by atoms with E-state index in [2.05, 4.69) is 20.7 Å². The molecule has 1 aromatic heterocycles. The standard InChI is InChI=1S/C21H16N4O/c26-21(20-13-19(23-24-20)16-8-2-1-3-9-16)25-22-14-17-11-6-10-15-7-4-5-12-18(15)17/h1-14H,(H,23,24)(H,25,26)/b22-14-. The van der Waals surface area contributed by atoms with Crippen LogP contribution in [-0.2, 0) is 0 Å². The summed E-state index contributed by atoms with van der Waals surface area (Å²) >= 11 is 0. The van der Waals surface area contributed by atoms with Crippen molar-refractivity contribution in [3.8, 4) is 11.3 Å². The maximum absolute atomic E-state index is 12.2. The minimum atomic E-state index is -0.337. The Kier molecular flexibility index (Phi) is 4.26. The van der Waals surface area contributed by atoms with E-state index in [-0.39, 0.29) is 5.91 Å². The normalized spacial score (nSPS) is 11.1. The second-order valence-electron chi connectivity index (χ2n) is 5.80. The highest BCUT2D eigenvalue weighted by Gasteiger charge is 2.10. The maximum Gasteiger partial charge on any atom is 0.289 e. The molecule has 126 valence electrons. The van der Waals surface area contributed by atoms with E-state index < -0.39 is 0 Å². The number of benzene rings is 3. The number of aromatic amines is 1. The van der Waals surface area contributed by atoms with Crippen molar-refractivity contribution in [3.63, 3.8) is 0 Å². The van der Waals surface area contributed by atoms with E-state index in [1.165, 1.54) is 0 Å². The summed E-state index contributed by atoms with van der Waals surface area (Å²) < 4.78 is 0. The van der Waals surface area contributed by atoms with Gasteiger partial charge in [0.2, 0.25) is 0 Å². The highest BCUT2D eigenvalue weighted by atomic mass is 16.2. The molecular weight excluding hydrogens is 324 g/mol. The van der Waals surface area contributed by atoms with Crippen molar-refractivity contribution >= 4 is 22.9 Å². The van der Waals surface area contributed by atoms with Crippen molar-refractivity contribution in [1.29, 1.82) is 0 Å². The first-order valence-electron chi connectivity index (χ1n) is 8.23. The summed E-state index contributed by atoms with van der Waals surface area (Å²) in [6.07, 6.45) is 1.65. The van der Waals surface area contributed by atoms with Gasteiger partial charge in [-0.2, -0.15) is 10.2 Å². The zero-order valence-corrected chi connectivity index (χ0v) is 13.9. The minimum absolute atomic E-state index is 0.337. The topological polar surface area (TPSA) is 70.1 Å². The maximum atomic E-state index is 12.2. The first-order valence-corrected chi connectivity index (χ1v) is 8.23. The van der Waals surface area contributed by atoms with Crippen molar-refractivity contribution < 1.29 is 4.79 Å². The van der Waals surface area contributed by atoms with E-state index in [4.69, 9.17) is 0 Å². The molecule has 0 fully saturated rings. The van der Waals surface area contributed by atoms with Crippen LogP contribution in [0.2, 0.25) is 0 Å². The van der Waals surface area contributed by atoms with Crippen LogP contribution in [0.15, 0.2) is 84.0 Å². The van der Waals surface area contributed by atoms with Gasteiger partial charge in [-0.25, -0.2) is 5.43 Å². The van der Waals surface area contributed by atoms with Crippen LogP contribution in [0.4, 0.5) is 0 Å². The molecule has 4 rings (SSSR count). The third kappa shape index (κ3) is 3.23. The Hall–Kier alpha value is -3.73. The summed E-state index contributed by atoms with van der Waals surface area (Å²) in [6, 6.07) is 25.4. The molecule has 26 heavy (non-hydrogen) atoms. The molecule has 5 heteroatoms. The minimum Gasteiger partial charge on any atom is -0.272 e. The Morgan fingerprint density at radius 2 is 1.73 bits per heavy atom. The molecule has 5 nitrogen and oxygen atoms in total. The fraction of sp³-hybridized carbons (Fsp3) is 0. The molecule has 0 unspecified atom stereocenters. The number of hydrogen-bond donors (Lipinski definition) is 2. The van der Waals surface area contributed by atoms with E-state index >= 15 is 0 Å². The molecule has 0 saturated carbocycles. The third-order valence-electron chi connectivity index (χ3n) is 4.09. The van der Waals surface area contributed by atoms with Crippen molar-refractivity contribution in [2.24, 2.45) is 5.10 Å². The predicted octanol–water partition coefficient (Wildman–Crippen LogP) is 3.99. The molecule has 2 N–H and O–H groups in total. The summed E-state index contributed by atoms with van der Waals surface area (Å²) in [5, 5.41) is 13.2. The summed E-state index contributed by atoms with van der Waals surface area (Å²) in [6.45, 7) is 0. The molecule has 1 heterocycles. The Balaban J connectivity index is 1.49. The molecule has 0 bridgehead atoms. The summed E-state index contributed by atoms with van der Waals surface area (Å²) in [5.74, 6) is -0.337. The number of rotatable bonds is 4. The van der Waals surface area contributed by atoms with Crippen LogP contribution < -0.4 is 5.43 Å². The molecule has 1 amide bonds. The first kappa shape index (κ1) is 15.8. The lowest BCUT2D eigenvalue weighted by Crippen LogP contribution is -2.18. The van der Waals surface area contributed by atoms with Crippen molar-refractivity contribution in [3.05, 3.63) is 90.1 Å². The lowest BCUT2D eigenvalue weighted by molar-refractivity contribution is 0.0950. The van der Waals surface area contributed by atoms with Crippen molar-refractivity contribution in [1.82, 2.24) is 15.6 Å². The first-order chi connectivity index (χ1) is 12.8. The number of aromatic nitrogens is 2. The van der Waals surface area contributed by atoms with Gasteiger partial charge in [-0.3, -0.25) is 9.89 Å². The van der Waals surface area contributed by atoms with Crippen LogP contribution in [0, 0.1) is 0 Å². The number of fused-ring (bicyclic) bond motifs is 1. The molecule has 4 aromatic rings. The highest BCUT2D eigenvalue weighted by molar-refractivity contribution is 6.00. The molecule has 3 aromatic carbocycles. The molecule has 0 aliphatic heterocycles. The molecular formula is C21H16N4O. The number of carbonyl (C=O) groups is 1. The molecule has 0 radical (unpaired) electrons. The van der Waals surface area contributed by atoms with Gasteiger partial charge in [0, 0.05) is 11.1 Å². The quantitative estimate of drug-likeness (QED) is 0.435. The Labute approximate surface area is 150 Å². The molecule has 0 atom stereocenters. The Morgan fingerprint density at radius 1 is 0.962 bits per heavy atom. The number of carbonyl (C=O) groups excluding carboxylic acids is 1. The second kappa shape index (κ2) is 7.03. The van der Waals surface area contributed by atoms with Crippen LogP contribution >= 0.6 is 0 Å². The number of nitrogens with zero attached hydrogens (tertiary/aromatic N) is 2. The monoisotopic (exact) mass is 340 g/mol. The van der Waals surface area contributed by atoms with Gasteiger partial charge in [-0.1, -0.05) is 72.8 Å². The number of amides is 1. The highest BCUT2D eigenvalue weighted by Crippen LogP contribution is 2.18. The van der Waals surface area contributed by atoms with Gasteiger partial charge in [-0.05, 0) is 16.8 Å². The lowest BCUT2D eigenvalue weighted by Gasteiger charge is -2.01. The van der Waals surface area contributed by atoms with E-state index in [1.807, 2.05) is 72.8 Å². The van der Waals surface area contributed by atoms with Crippen LogP contribution in [0.3, 0.4) is 0 Å². The van der Waals surface area contributed by atoms with Crippen LogP contribution in [0.25, 0.3) is 22.0 Å². The molecule has 0 spiro atoms. The van der Waals surface area contributed by atoms with Gasteiger partial charge in [0.05, 0.1) is 11.9 Å². The Morgan fingerprint density at radius 3 is 2.62 bits per heavy atom. The zero-order chi connectivity index (χ0) is 17.8. The van der Waals surface area contributed by atoms with E-state index in [0.29, 0.717) is 11.4 Å². The number of nitrogens with one attached hydrogen (secondary N) is 2. The van der Waals surface area contributed by atoms with E-state index in [1.54, 1.807) is 12.3 Å². The second-order valence-corrected chi connectivity index (χ2v) is 5.80. The van der Waals surface area contributed by atoms with Gasteiger partial charge in [0.25, 0.3) is 5.91 Å². The lowest BCUT2D eigenvalue weighted by atomic mass is 10.1. The van der Waals surface area contributed by atoms with Crippen LogP contribution in [-0.4, -0.2) is 22.3 Å². The zero-order valence-electron chi connectivity index (χ0n) is 13.9. The van der Waals surface area contributed by atoms with E-state index in [0.717, 1.165) is 21.9 Å². The average Bonchev–Trinajstić information content (AvgIpc) is 3.19. The van der Waals surface area contributed by atoms with Crippen molar-refractivity contribution in [2.45, 2.75) is 0 Å². The van der Waals surface area contributed by atoms with Gasteiger partial charge in [0.1, 0.15) is 5.69 Å². The average molecular weight is 340 g/mol. The fourth-order valence-electron chi connectivity index (χ4n) is 2.78.